The summed E-state index contributed by atoms with van der Waals surface area (Å²) >= 11 is 11.0. The summed E-state index contributed by atoms with van der Waals surface area (Å²) in [6.07, 6.45) is 16.9. The van der Waals surface area contributed by atoms with Crippen LogP contribution in [0.4, 0.5) is 0 Å². The second-order valence-corrected chi connectivity index (χ2v) is 12.5. The molecule has 11 nitrogen and oxygen atoms in total. The van der Waals surface area contributed by atoms with Crippen molar-refractivity contribution in [2.45, 2.75) is 75.3 Å². The summed E-state index contributed by atoms with van der Waals surface area (Å²) in [6.45, 7) is -0.0118. The maximum Gasteiger partial charge on any atom is 0.454 e. The first-order valence-corrected chi connectivity index (χ1v) is 17.0. The van der Waals surface area contributed by atoms with Gasteiger partial charge >= 0.3 is 7.12 Å². The molecule has 233 valence electrons. The number of nitrogens with zero attached hydrogens (tertiary/aromatic N) is 6. The molecule has 0 amide bonds. The lowest BCUT2D eigenvalue weighted by Crippen LogP contribution is -2.09. The van der Waals surface area contributed by atoms with E-state index in [0.29, 0.717) is 23.3 Å². The summed E-state index contributed by atoms with van der Waals surface area (Å²) < 4.78 is 9.09. The Balaban J connectivity index is 0.000000279. The second-order valence-electron chi connectivity index (χ2n) is 9.39. The Morgan fingerprint density at radius 3 is 1.30 bits per heavy atom. The van der Waals surface area contributed by atoms with Crippen LogP contribution in [0.5, 0.6) is 0 Å². The smallest absolute Gasteiger partial charge is 0.427 e. The standard InChI is InChI=1S/C8H9ClN2.C8H10N2O.C5H5ClN2O.C3H7BO2.B3.Cl2OS/c9-3-6-4-10-8(11-5-6)7-1-2-7;11-5-6-3-9-8(10-4-6)7-1-2-7;6-5-7-1-4(3-9)2-8-5;5-4(6)3-1-2-3;1-3-2;1-4(2)3/h4-5,7H,1-3H2;3-4,7,11H,1-2,5H2;1-2,9H,3H2;3,5-6H,1-2H2;;. The van der Waals surface area contributed by atoms with Crippen molar-refractivity contribution in [3.63, 3.8) is 0 Å². The van der Waals surface area contributed by atoms with Crippen molar-refractivity contribution < 1.29 is 24.5 Å². The van der Waals surface area contributed by atoms with Crippen LogP contribution in [0.3, 0.4) is 0 Å². The van der Waals surface area contributed by atoms with Crippen LogP contribution >= 0.6 is 44.6 Å². The highest BCUT2D eigenvalue weighted by molar-refractivity contribution is 8.26. The van der Waals surface area contributed by atoms with Gasteiger partial charge in [-0.3, -0.25) is 0 Å². The van der Waals surface area contributed by atoms with E-state index in [0.717, 1.165) is 42.7 Å². The van der Waals surface area contributed by atoms with E-state index in [4.69, 9.17) is 47.7 Å². The largest absolute Gasteiger partial charge is 0.454 e. The molecule has 44 heavy (non-hydrogen) atoms. The van der Waals surface area contributed by atoms with Gasteiger partial charge < -0.3 is 20.3 Å². The first-order valence-electron chi connectivity index (χ1n) is 13.3. The minimum atomic E-state index is -1.67. The Bertz CT molecular complexity index is 1130. The van der Waals surface area contributed by atoms with Gasteiger partial charge in [0, 0.05) is 110 Å². The zero-order chi connectivity index (χ0) is 32.9. The molecule has 20 heteroatoms. The van der Waals surface area contributed by atoms with Gasteiger partial charge in [-0.25, -0.2) is 34.1 Å². The predicted octanol–water partition coefficient (Wildman–Crippen LogP) is 3.08. The van der Waals surface area contributed by atoms with Gasteiger partial charge in [0.1, 0.15) is 11.6 Å². The van der Waals surface area contributed by atoms with Gasteiger partial charge in [0.15, 0.2) is 0 Å². The molecule has 0 unspecified atom stereocenters. The van der Waals surface area contributed by atoms with Gasteiger partial charge in [-0.1, -0.05) is 12.8 Å². The van der Waals surface area contributed by atoms with E-state index in [1.54, 1.807) is 12.4 Å². The lowest BCUT2D eigenvalue weighted by molar-refractivity contribution is 0.280. The van der Waals surface area contributed by atoms with Gasteiger partial charge in [-0.2, -0.15) is 0 Å². The molecule has 3 saturated carbocycles. The highest BCUT2D eigenvalue weighted by Crippen LogP contribution is 2.38. The molecule has 3 aromatic heterocycles. The van der Waals surface area contributed by atoms with E-state index in [1.807, 2.05) is 12.4 Å². The third kappa shape index (κ3) is 20.6. The highest BCUT2D eigenvalue weighted by atomic mass is 36.0. The summed E-state index contributed by atoms with van der Waals surface area (Å²) in [7, 11) is 16.3. The number of hydrogen-bond donors (Lipinski definition) is 4. The number of aliphatic hydroxyl groups is 2. The van der Waals surface area contributed by atoms with Gasteiger partial charge in [0.25, 0.3) is 0 Å². The highest BCUT2D eigenvalue weighted by Gasteiger charge is 2.33. The van der Waals surface area contributed by atoms with Crippen molar-refractivity contribution in [3.8, 4) is 0 Å². The Morgan fingerprint density at radius 2 is 1.07 bits per heavy atom. The summed E-state index contributed by atoms with van der Waals surface area (Å²) in [5.74, 6) is 3.87. The molecule has 4 N–H and O–H groups in total. The van der Waals surface area contributed by atoms with E-state index in [-0.39, 0.29) is 24.3 Å². The number of hydrogen-bond acceptors (Lipinski definition) is 11. The van der Waals surface area contributed by atoms with Crippen LogP contribution in [-0.4, -0.2) is 84.0 Å². The molecule has 0 atom stereocenters. The van der Waals surface area contributed by atoms with E-state index in [1.165, 1.54) is 38.1 Å². The molecule has 3 aliphatic rings. The maximum atomic E-state index is 9.09. The van der Waals surface area contributed by atoms with Crippen molar-refractivity contribution in [3.05, 3.63) is 70.8 Å². The summed E-state index contributed by atoms with van der Waals surface area (Å²) in [5.41, 5.74) is 2.45. The fourth-order valence-electron chi connectivity index (χ4n) is 2.80. The Kier molecular flexibility index (Phi) is 22.1. The maximum absolute atomic E-state index is 9.09. The fourth-order valence-corrected chi connectivity index (χ4v) is 3.04. The van der Waals surface area contributed by atoms with Crippen LogP contribution in [0.15, 0.2) is 37.2 Å². The Morgan fingerprint density at radius 1 is 0.750 bits per heavy atom. The number of alkyl halides is 1. The van der Waals surface area contributed by atoms with Gasteiger partial charge in [0.2, 0.25) is 14.5 Å². The molecule has 0 saturated heterocycles. The van der Waals surface area contributed by atoms with Crippen LogP contribution < -0.4 is 0 Å². The van der Waals surface area contributed by atoms with E-state index >= 15 is 0 Å². The van der Waals surface area contributed by atoms with Crippen molar-refractivity contribution in [1.29, 1.82) is 0 Å². The monoisotopic (exact) mass is 699 g/mol. The van der Waals surface area contributed by atoms with Gasteiger partial charge in [-0.05, 0) is 43.1 Å². The zero-order valence-corrected chi connectivity index (χ0v) is 27.5. The summed E-state index contributed by atoms with van der Waals surface area (Å²) in [5, 5.41) is 33.9. The molecular weight excluding hydrogens is 669 g/mol. The SMILES string of the molecule is ClCc1cnc(C2CC2)nc1.O=S(Cl)Cl.OB(O)C1CC1.OCc1cnc(C2CC2)nc1.OCc1cnc(Cl)nc1.[B][B][B]. The molecule has 0 aliphatic heterocycles. The molecule has 5 radical (unpaired) electrons. The first kappa shape index (κ1) is 40.7. The molecular formula is C24H31B4Cl4N6O5S. The molecule has 3 aromatic rings. The molecule has 6 rings (SSSR count). The topological polar surface area (TPSA) is 175 Å². The Labute approximate surface area is 282 Å². The average Bonchev–Trinajstić information content (AvgIpc) is 3.87. The quantitative estimate of drug-likeness (QED) is 0.129. The van der Waals surface area contributed by atoms with Crippen molar-refractivity contribution in [2.24, 2.45) is 0 Å². The average molecular weight is 701 g/mol. The number of rotatable bonds is 6. The van der Waals surface area contributed by atoms with Gasteiger partial charge in [0.05, 0.1) is 19.1 Å². The van der Waals surface area contributed by atoms with Crippen LogP contribution in [0.1, 0.15) is 78.7 Å². The third-order valence-corrected chi connectivity index (χ3v) is 6.08. The van der Waals surface area contributed by atoms with Crippen molar-refractivity contribution in [2.75, 3.05) is 0 Å². The molecule has 0 aromatic carbocycles. The normalized spacial score (nSPS) is 14.3. The second kappa shape index (κ2) is 23.9. The van der Waals surface area contributed by atoms with Crippen LogP contribution in [0, 0.1) is 0 Å². The molecule has 3 aliphatic carbocycles. The van der Waals surface area contributed by atoms with E-state index in [2.05, 4.69) is 66.7 Å². The number of aliphatic hydroxyl groups excluding tert-OH is 2. The van der Waals surface area contributed by atoms with Gasteiger partial charge in [-0.15, -0.1) is 11.6 Å². The van der Waals surface area contributed by atoms with Crippen LogP contribution in [0.25, 0.3) is 0 Å². The van der Waals surface area contributed by atoms with E-state index < -0.39 is 16.3 Å². The fraction of sp³-hybridized carbons (Fsp3) is 0.500. The Hall–Kier alpha value is -1.35. The van der Waals surface area contributed by atoms with Crippen molar-refractivity contribution in [1.82, 2.24) is 29.9 Å². The van der Waals surface area contributed by atoms with Crippen LogP contribution in [0.2, 0.25) is 11.1 Å². The number of aromatic nitrogens is 6. The predicted molar refractivity (Wildman–Crippen MR) is 177 cm³/mol. The van der Waals surface area contributed by atoms with Crippen molar-refractivity contribution >= 4 is 83.4 Å². The molecule has 3 heterocycles. The summed E-state index contributed by atoms with van der Waals surface area (Å²) in [6, 6.07) is 0. The minimum Gasteiger partial charge on any atom is -0.427 e. The summed E-state index contributed by atoms with van der Waals surface area (Å²) in [4.78, 5) is 24.0. The molecule has 0 spiro atoms. The molecule has 3 fully saturated rings. The third-order valence-electron chi connectivity index (χ3n) is 5.57. The van der Waals surface area contributed by atoms with E-state index in [9.17, 15) is 0 Å². The van der Waals surface area contributed by atoms with Crippen LogP contribution in [-0.2, 0) is 28.3 Å². The lowest BCUT2D eigenvalue weighted by Gasteiger charge is -1.96. The zero-order valence-electron chi connectivity index (χ0n) is 23.7. The lowest BCUT2D eigenvalue weighted by atomic mass is 9.40. The first-order chi connectivity index (χ1) is 21.1. The number of halogens is 4. The molecule has 0 bridgehead atoms. The minimum absolute atomic E-state index is 0.0327.